The predicted molar refractivity (Wildman–Crippen MR) is 80.0 cm³/mol. The SMILES string of the molecule is CCC(C)(C)c1cc(C(=O)O)cc(C(C)(C)CC)c1. The molecule has 1 N–H and O–H groups in total. The summed E-state index contributed by atoms with van der Waals surface area (Å²) in [6, 6.07) is 5.82. The molecule has 1 rings (SSSR count). The van der Waals surface area contributed by atoms with Crippen molar-refractivity contribution in [1.82, 2.24) is 0 Å². The van der Waals surface area contributed by atoms with Gasteiger partial charge in [0.15, 0.2) is 0 Å². The Kier molecular flexibility index (Phi) is 4.44. The van der Waals surface area contributed by atoms with Gasteiger partial charge in [0.2, 0.25) is 0 Å². The molecule has 0 amide bonds. The van der Waals surface area contributed by atoms with Crippen molar-refractivity contribution in [3.05, 3.63) is 34.9 Å². The monoisotopic (exact) mass is 262 g/mol. The van der Waals surface area contributed by atoms with Crippen LogP contribution in [0.2, 0.25) is 0 Å². The minimum atomic E-state index is -0.845. The van der Waals surface area contributed by atoms with E-state index in [0.29, 0.717) is 5.56 Å². The maximum absolute atomic E-state index is 11.3. The Morgan fingerprint density at radius 2 is 1.32 bits per heavy atom. The van der Waals surface area contributed by atoms with Gasteiger partial charge in [-0.05, 0) is 46.9 Å². The van der Waals surface area contributed by atoms with Crippen molar-refractivity contribution in [2.45, 2.75) is 65.2 Å². The molecule has 0 fully saturated rings. The molecule has 0 aromatic heterocycles. The van der Waals surface area contributed by atoms with E-state index in [9.17, 15) is 9.90 Å². The molecule has 0 radical (unpaired) electrons. The fraction of sp³-hybridized carbons (Fsp3) is 0.588. The summed E-state index contributed by atoms with van der Waals surface area (Å²) in [6.07, 6.45) is 1.98. The van der Waals surface area contributed by atoms with Crippen molar-refractivity contribution in [2.24, 2.45) is 0 Å². The summed E-state index contributed by atoms with van der Waals surface area (Å²) in [4.78, 5) is 11.3. The molecule has 0 saturated heterocycles. The molecule has 0 heterocycles. The first-order valence-corrected chi connectivity index (χ1v) is 7.03. The van der Waals surface area contributed by atoms with E-state index in [2.05, 4.69) is 47.6 Å². The Hall–Kier alpha value is -1.31. The van der Waals surface area contributed by atoms with E-state index in [1.165, 1.54) is 0 Å². The second-order valence-corrected chi connectivity index (χ2v) is 6.58. The van der Waals surface area contributed by atoms with Crippen LogP contribution in [0.25, 0.3) is 0 Å². The van der Waals surface area contributed by atoms with Crippen molar-refractivity contribution in [3.63, 3.8) is 0 Å². The van der Waals surface area contributed by atoms with E-state index in [4.69, 9.17) is 0 Å². The average Bonchev–Trinajstić information content (AvgIpc) is 2.38. The van der Waals surface area contributed by atoms with Gasteiger partial charge in [-0.3, -0.25) is 0 Å². The van der Waals surface area contributed by atoms with Gasteiger partial charge < -0.3 is 5.11 Å². The van der Waals surface area contributed by atoms with Gasteiger partial charge in [-0.1, -0.05) is 47.6 Å². The molecule has 0 aliphatic carbocycles. The first-order valence-electron chi connectivity index (χ1n) is 7.03. The topological polar surface area (TPSA) is 37.3 Å². The maximum Gasteiger partial charge on any atom is 0.335 e. The van der Waals surface area contributed by atoms with Crippen LogP contribution >= 0.6 is 0 Å². The van der Waals surface area contributed by atoms with Crippen LogP contribution < -0.4 is 0 Å². The molecule has 106 valence electrons. The molecule has 0 unspecified atom stereocenters. The van der Waals surface area contributed by atoms with Gasteiger partial charge in [-0.2, -0.15) is 0 Å². The Balaban J connectivity index is 3.47. The summed E-state index contributed by atoms with van der Waals surface area (Å²) >= 11 is 0. The van der Waals surface area contributed by atoms with E-state index in [1.54, 1.807) is 0 Å². The van der Waals surface area contributed by atoms with Crippen molar-refractivity contribution < 1.29 is 9.90 Å². The van der Waals surface area contributed by atoms with E-state index in [1.807, 2.05) is 12.1 Å². The van der Waals surface area contributed by atoms with E-state index in [0.717, 1.165) is 24.0 Å². The number of carboxylic acid groups (broad SMARTS) is 1. The number of hydrogen-bond donors (Lipinski definition) is 1. The lowest BCUT2D eigenvalue weighted by molar-refractivity contribution is 0.0696. The lowest BCUT2D eigenvalue weighted by Crippen LogP contribution is -2.21. The molecular weight excluding hydrogens is 236 g/mol. The summed E-state index contributed by atoms with van der Waals surface area (Å²) in [5, 5.41) is 9.31. The third-order valence-electron chi connectivity index (χ3n) is 4.51. The minimum Gasteiger partial charge on any atom is -0.478 e. The number of aromatic carboxylic acids is 1. The van der Waals surface area contributed by atoms with Crippen LogP contribution in [0.3, 0.4) is 0 Å². The van der Waals surface area contributed by atoms with E-state index < -0.39 is 5.97 Å². The van der Waals surface area contributed by atoms with Crippen LogP contribution in [0, 0.1) is 0 Å². The van der Waals surface area contributed by atoms with Gasteiger partial charge >= 0.3 is 5.97 Å². The Bertz CT molecular complexity index is 436. The van der Waals surface area contributed by atoms with Crippen molar-refractivity contribution in [3.8, 4) is 0 Å². The average molecular weight is 262 g/mol. The normalized spacial score (nSPS) is 12.5. The van der Waals surface area contributed by atoms with E-state index in [-0.39, 0.29) is 10.8 Å². The van der Waals surface area contributed by atoms with Gasteiger partial charge in [0.05, 0.1) is 5.56 Å². The molecule has 0 atom stereocenters. The van der Waals surface area contributed by atoms with Crippen LogP contribution in [-0.2, 0) is 10.8 Å². The second kappa shape index (κ2) is 5.36. The first kappa shape index (κ1) is 15.7. The maximum atomic E-state index is 11.3. The van der Waals surface area contributed by atoms with Crippen LogP contribution in [0.15, 0.2) is 18.2 Å². The lowest BCUT2D eigenvalue weighted by Gasteiger charge is -2.29. The molecule has 2 heteroatoms. The highest BCUT2D eigenvalue weighted by molar-refractivity contribution is 5.88. The molecule has 0 saturated carbocycles. The summed E-state index contributed by atoms with van der Waals surface area (Å²) in [7, 11) is 0. The minimum absolute atomic E-state index is 0.00400. The smallest absolute Gasteiger partial charge is 0.335 e. The molecule has 1 aromatic carbocycles. The number of benzene rings is 1. The van der Waals surface area contributed by atoms with E-state index >= 15 is 0 Å². The summed E-state index contributed by atoms with van der Waals surface area (Å²) < 4.78 is 0. The zero-order valence-electron chi connectivity index (χ0n) is 13.0. The van der Waals surface area contributed by atoms with Crippen LogP contribution in [0.5, 0.6) is 0 Å². The van der Waals surface area contributed by atoms with Crippen molar-refractivity contribution in [2.75, 3.05) is 0 Å². The summed E-state index contributed by atoms with van der Waals surface area (Å²) in [5.41, 5.74) is 2.64. The largest absolute Gasteiger partial charge is 0.478 e. The standard InChI is InChI=1S/C17H26O2/c1-7-16(3,4)13-9-12(15(18)19)10-14(11-13)17(5,6)8-2/h9-11H,7-8H2,1-6H3,(H,18,19). The van der Waals surface area contributed by atoms with Crippen LogP contribution in [-0.4, -0.2) is 11.1 Å². The molecular formula is C17H26O2. The molecule has 1 aromatic rings. The fourth-order valence-electron chi connectivity index (χ4n) is 1.94. The van der Waals surface area contributed by atoms with Crippen LogP contribution in [0.4, 0.5) is 0 Å². The third-order valence-corrected chi connectivity index (χ3v) is 4.51. The third kappa shape index (κ3) is 3.37. The van der Waals surface area contributed by atoms with Crippen molar-refractivity contribution >= 4 is 5.97 Å². The Morgan fingerprint density at radius 3 is 1.58 bits per heavy atom. The lowest BCUT2D eigenvalue weighted by atomic mass is 9.76. The molecule has 0 bridgehead atoms. The first-order chi connectivity index (χ1) is 8.64. The predicted octanol–water partition coefficient (Wildman–Crippen LogP) is 4.76. The highest BCUT2D eigenvalue weighted by Gasteiger charge is 2.25. The number of carboxylic acids is 1. The van der Waals surface area contributed by atoms with Crippen LogP contribution in [0.1, 0.15) is 75.9 Å². The second-order valence-electron chi connectivity index (χ2n) is 6.58. The highest BCUT2D eigenvalue weighted by atomic mass is 16.4. The molecule has 0 aliphatic rings. The van der Waals surface area contributed by atoms with Gasteiger partial charge in [-0.25, -0.2) is 4.79 Å². The molecule has 0 spiro atoms. The fourth-order valence-corrected chi connectivity index (χ4v) is 1.94. The quantitative estimate of drug-likeness (QED) is 0.830. The van der Waals surface area contributed by atoms with Gasteiger partial charge in [0, 0.05) is 0 Å². The molecule has 19 heavy (non-hydrogen) atoms. The van der Waals surface area contributed by atoms with Gasteiger partial charge in [-0.15, -0.1) is 0 Å². The zero-order chi connectivity index (χ0) is 14.8. The number of rotatable bonds is 5. The summed E-state index contributed by atoms with van der Waals surface area (Å²) in [5.74, 6) is -0.845. The molecule has 2 nitrogen and oxygen atoms in total. The number of carbonyl (C=O) groups is 1. The van der Waals surface area contributed by atoms with Gasteiger partial charge in [0.25, 0.3) is 0 Å². The Labute approximate surface area is 116 Å². The van der Waals surface area contributed by atoms with Crippen molar-refractivity contribution in [1.29, 1.82) is 0 Å². The Morgan fingerprint density at radius 1 is 0.947 bits per heavy atom. The zero-order valence-corrected chi connectivity index (χ0v) is 13.0. The summed E-state index contributed by atoms with van der Waals surface area (Å²) in [6.45, 7) is 12.9. The highest BCUT2D eigenvalue weighted by Crippen LogP contribution is 2.33. The number of hydrogen-bond acceptors (Lipinski definition) is 1. The van der Waals surface area contributed by atoms with Gasteiger partial charge in [0.1, 0.15) is 0 Å². The molecule has 0 aliphatic heterocycles.